The van der Waals surface area contributed by atoms with Crippen LogP contribution in [-0.2, 0) is 0 Å². The molecule has 1 aromatic carbocycles. The summed E-state index contributed by atoms with van der Waals surface area (Å²) in [5, 5.41) is 4.25. The van der Waals surface area contributed by atoms with Gasteiger partial charge < -0.3 is 15.0 Å². The molecule has 0 radical (unpaired) electrons. The summed E-state index contributed by atoms with van der Waals surface area (Å²) in [5.74, 6) is 0.765. The SMILES string of the molecule is COc1cccc(Nc2c(C(=O)N3CCCCC3)cnc3nc(C)ccc23)c1. The van der Waals surface area contributed by atoms with E-state index in [2.05, 4.69) is 15.3 Å². The molecule has 1 N–H and O–H groups in total. The zero-order valence-corrected chi connectivity index (χ0v) is 16.2. The average Bonchev–Trinajstić information content (AvgIpc) is 2.74. The highest BCUT2D eigenvalue weighted by molar-refractivity contribution is 6.07. The molecule has 3 aromatic rings. The molecule has 144 valence electrons. The minimum Gasteiger partial charge on any atom is -0.497 e. The van der Waals surface area contributed by atoms with Crippen molar-refractivity contribution in [3.8, 4) is 5.75 Å². The van der Waals surface area contributed by atoms with Gasteiger partial charge in [0.1, 0.15) is 5.75 Å². The number of hydrogen-bond acceptors (Lipinski definition) is 5. The molecule has 1 amide bonds. The fourth-order valence-corrected chi connectivity index (χ4v) is 3.58. The Hall–Kier alpha value is -3.15. The number of fused-ring (bicyclic) bond motifs is 1. The molecule has 0 spiro atoms. The fraction of sp³-hybridized carbons (Fsp3) is 0.318. The van der Waals surface area contributed by atoms with Gasteiger partial charge in [0.25, 0.3) is 5.91 Å². The number of carbonyl (C=O) groups excluding carboxylic acids is 1. The fourth-order valence-electron chi connectivity index (χ4n) is 3.58. The Bertz CT molecular complexity index is 1010. The first kappa shape index (κ1) is 18.2. The van der Waals surface area contributed by atoms with Gasteiger partial charge in [0.2, 0.25) is 0 Å². The van der Waals surface area contributed by atoms with Crippen molar-refractivity contribution in [2.24, 2.45) is 0 Å². The third-order valence-corrected chi connectivity index (χ3v) is 5.08. The molecular weight excluding hydrogens is 352 g/mol. The lowest BCUT2D eigenvalue weighted by atomic mass is 10.1. The zero-order chi connectivity index (χ0) is 19.5. The predicted molar refractivity (Wildman–Crippen MR) is 110 cm³/mol. The van der Waals surface area contributed by atoms with Crippen LogP contribution in [0.25, 0.3) is 11.0 Å². The minimum absolute atomic E-state index is 0.0140. The van der Waals surface area contributed by atoms with E-state index in [1.54, 1.807) is 13.3 Å². The number of carbonyl (C=O) groups is 1. The van der Waals surface area contributed by atoms with Crippen LogP contribution in [0.15, 0.2) is 42.6 Å². The molecule has 1 fully saturated rings. The average molecular weight is 376 g/mol. The van der Waals surface area contributed by atoms with Gasteiger partial charge >= 0.3 is 0 Å². The van der Waals surface area contributed by atoms with Crippen molar-refractivity contribution in [2.75, 3.05) is 25.5 Å². The summed E-state index contributed by atoms with van der Waals surface area (Å²) in [6.45, 7) is 3.52. The second-order valence-electron chi connectivity index (χ2n) is 7.08. The van der Waals surface area contributed by atoms with E-state index in [4.69, 9.17) is 4.74 Å². The Labute approximate surface area is 164 Å². The van der Waals surface area contributed by atoms with Gasteiger partial charge in [0, 0.05) is 42.1 Å². The lowest BCUT2D eigenvalue weighted by Crippen LogP contribution is -2.36. The molecule has 4 rings (SSSR count). The van der Waals surface area contributed by atoms with Crippen molar-refractivity contribution in [1.82, 2.24) is 14.9 Å². The monoisotopic (exact) mass is 376 g/mol. The first-order valence-corrected chi connectivity index (χ1v) is 9.62. The number of methoxy groups -OCH3 is 1. The number of rotatable bonds is 4. The lowest BCUT2D eigenvalue weighted by molar-refractivity contribution is 0.0725. The van der Waals surface area contributed by atoms with Gasteiger partial charge in [-0.2, -0.15) is 0 Å². The van der Waals surface area contributed by atoms with Gasteiger partial charge in [-0.25, -0.2) is 9.97 Å². The number of ether oxygens (including phenoxy) is 1. The van der Waals surface area contributed by atoms with E-state index in [-0.39, 0.29) is 5.91 Å². The Morgan fingerprint density at radius 1 is 1.14 bits per heavy atom. The van der Waals surface area contributed by atoms with Crippen LogP contribution in [0.1, 0.15) is 35.3 Å². The summed E-state index contributed by atoms with van der Waals surface area (Å²) < 4.78 is 5.33. The van der Waals surface area contributed by atoms with Crippen molar-refractivity contribution in [2.45, 2.75) is 26.2 Å². The smallest absolute Gasteiger partial charge is 0.257 e. The number of amides is 1. The standard InChI is InChI=1S/C22H24N4O2/c1-15-9-10-18-20(25-16-7-6-8-17(13-16)28-2)19(14-23-21(18)24-15)22(27)26-11-4-3-5-12-26/h6-10,13-14H,3-5,11-12H2,1-2H3,(H,23,24,25). The summed E-state index contributed by atoms with van der Waals surface area (Å²) in [6, 6.07) is 11.6. The number of pyridine rings is 2. The maximum Gasteiger partial charge on any atom is 0.257 e. The summed E-state index contributed by atoms with van der Waals surface area (Å²) in [6.07, 6.45) is 4.92. The maximum atomic E-state index is 13.2. The van der Waals surface area contributed by atoms with E-state index in [1.165, 1.54) is 6.42 Å². The molecule has 0 aliphatic carbocycles. The van der Waals surface area contributed by atoms with Crippen LogP contribution in [0.3, 0.4) is 0 Å². The highest BCUT2D eigenvalue weighted by Gasteiger charge is 2.23. The van der Waals surface area contributed by atoms with Gasteiger partial charge in [-0.05, 0) is 50.5 Å². The van der Waals surface area contributed by atoms with Gasteiger partial charge in [-0.15, -0.1) is 0 Å². The molecule has 6 nitrogen and oxygen atoms in total. The van der Waals surface area contributed by atoms with Gasteiger partial charge in [0.15, 0.2) is 5.65 Å². The Kier molecular flexibility index (Phi) is 5.10. The molecule has 1 saturated heterocycles. The summed E-state index contributed by atoms with van der Waals surface area (Å²) in [5.41, 5.74) is 3.67. The second-order valence-corrected chi connectivity index (χ2v) is 7.08. The zero-order valence-electron chi connectivity index (χ0n) is 16.2. The number of piperidine rings is 1. The van der Waals surface area contributed by atoms with Crippen LogP contribution in [0.2, 0.25) is 0 Å². The summed E-state index contributed by atoms with van der Waals surface area (Å²) >= 11 is 0. The number of hydrogen-bond donors (Lipinski definition) is 1. The number of nitrogens with one attached hydrogen (secondary N) is 1. The van der Waals surface area contributed by atoms with Crippen molar-refractivity contribution >= 4 is 28.3 Å². The molecule has 1 aliphatic heterocycles. The molecule has 2 aromatic heterocycles. The Balaban J connectivity index is 1.80. The van der Waals surface area contributed by atoms with Crippen molar-refractivity contribution in [1.29, 1.82) is 0 Å². The highest BCUT2D eigenvalue weighted by atomic mass is 16.5. The van der Waals surface area contributed by atoms with Crippen LogP contribution in [0, 0.1) is 6.92 Å². The molecule has 0 unspecified atom stereocenters. The van der Waals surface area contributed by atoms with E-state index in [0.717, 1.165) is 54.1 Å². The summed E-state index contributed by atoms with van der Waals surface area (Å²) in [4.78, 5) is 24.2. The third-order valence-electron chi connectivity index (χ3n) is 5.08. The van der Waals surface area contributed by atoms with Crippen LogP contribution < -0.4 is 10.1 Å². The molecule has 0 bridgehead atoms. The highest BCUT2D eigenvalue weighted by Crippen LogP contribution is 2.31. The van der Waals surface area contributed by atoms with E-state index < -0.39 is 0 Å². The van der Waals surface area contributed by atoms with E-state index in [9.17, 15) is 4.79 Å². The largest absolute Gasteiger partial charge is 0.497 e. The number of anilines is 2. The predicted octanol–water partition coefficient (Wildman–Crippen LogP) is 4.32. The van der Waals surface area contributed by atoms with E-state index >= 15 is 0 Å². The third kappa shape index (κ3) is 3.63. The van der Waals surface area contributed by atoms with Gasteiger partial charge in [-0.3, -0.25) is 4.79 Å². The molecule has 28 heavy (non-hydrogen) atoms. The quantitative estimate of drug-likeness (QED) is 0.735. The number of aryl methyl sites for hydroxylation is 1. The van der Waals surface area contributed by atoms with Gasteiger partial charge in [0.05, 0.1) is 18.4 Å². The van der Waals surface area contributed by atoms with Crippen LogP contribution in [0.4, 0.5) is 11.4 Å². The van der Waals surface area contributed by atoms with Crippen LogP contribution >= 0.6 is 0 Å². The molecular formula is C22H24N4O2. The molecule has 0 saturated carbocycles. The first-order valence-electron chi connectivity index (χ1n) is 9.62. The number of aromatic nitrogens is 2. The van der Waals surface area contributed by atoms with E-state index in [1.807, 2.05) is 48.2 Å². The Morgan fingerprint density at radius 2 is 1.96 bits per heavy atom. The number of nitrogens with zero attached hydrogens (tertiary/aromatic N) is 3. The topological polar surface area (TPSA) is 67.3 Å². The van der Waals surface area contributed by atoms with Crippen molar-refractivity contribution in [3.63, 3.8) is 0 Å². The summed E-state index contributed by atoms with van der Waals surface area (Å²) in [7, 11) is 1.64. The minimum atomic E-state index is 0.0140. The Morgan fingerprint density at radius 3 is 2.75 bits per heavy atom. The molecule has 3 heterocycles. The van der Waals surface area contributed by atoms with Crippen LogP contribution in [0.5, 0.6) is 5.75 Å². The number of likely N-dealkylation sites (tertiary alicyclic amines) is 1. The molecule has 0 atom stereocenters. The molecule has 6 heteroatoms. The first-order chi connectivity index (χ1) is 13.7. The van der Waals surface area contributed by atoms with E-state index in [0.29, 0.717) is 11.2 Å². The lowest BCUT2D eigenvalue weighted by Gasteiger charge is -2.27. The molecule has 1 aliphatic rings. The normalized spacial score (nSPS) is 14.1. The van der Waals surface area contributed by atoms with Gasteiger partial charge in [-0.1, -0.05) is 6.07 Å². The second kappa shape index (κ2) is 7.84. The van der Waals surface area contributed by atoms with Crippen molar-refractivity contribution < 1.29 is 9.53 Å². The van der Waals surface area contributed by atoms with Crippen LogP contribution in [-0.4, -0.2) is 41.0 Å². The van der Waals surface area contributed by atoms with Crippen molar-refractivity contribution in [3.05, 3.63) is 53.9 Å². The number of benzene rings is 1. The maximum absolute atomic E-state index is 13.2.